The van der Waals surface area contributed by atoms with Gasteiger partial charge >= 0.3 is 11.9 Å². The molecule has 4 rings (SSSR count). The van der Waals surface area contributed by atoms with Crippen LogP contribution in [0.4, 0.5) is 0 Å². The Labute approximate surface area is 226 Å². The predicted molar refractivity (Wildman–Crippen MR) is 139 cm³/mol. The lowest BCUT2D eigenvalue weighted by Gasteiger charge is -2.11. The number of nitrogens with zero attached hydrogens (tertiary/aromatic N) is 1. The van der Waals surface area contributed by atoms with Crippen molar-refractivity contribution in [3.05, 3.63) is 89.2 Å². The summed E-state index contributed by atoms with van der Waals surface area (Å²) in [6.45, 7) is 3.37. The number of aromatic nitrogens is 1. The number of pyridine rings is 1. The molecule has 2 heterocycles. The molecule has 0 N–H and O–H groups in total. The van der Waals surface area contributed by atoms with Crippen LogP contribution in [0.5, 0.6) is 11.5 Å². The quantitative estimate of drug-likeness (QED) is 0.394. The standard InChI is InChI=1S/C29H31NO9/c31-28-26-8-3-9-27(30-26)29(32)39-21-23-5-2-7-25(19-23)37-17-15-35-13-11-33-10-12-34-14-16-36-24-6-1-4-22(18-24)20-38-28/h1-9,18-19H,10-17,20-21H2. The number of esters is 2. The van der Waals surface area contributed by atoms with E-state index in [9.17, 15) is 9.59 Å². The largest absolute Gasteiger partial charge is 0.491 e. The summed E-state index contributed by atoms with van der Waals surface area (Å²) < 4.78 is 38.8. The van der Waals surface area contributed by atoms with Gasteiger partial charge in [-0.3, -0.25) is 0 Å². The van der Waals surface area contributed by atoms with Crippen LogP contribution in [-0.2, 0) is 36.9 Å². The maximum Gasteiger partial charge on any atom is 0.357 e. The highest BCUT2D eigenvalue weighted by Crippen LogP contribution is 2.16. The van der Waals surface area contributed by atoms with Gasteiger partial charge in [-0.05, 0) is 47.5 Å². The Bertz CT molecular complexity index is 1130. The molecule has 0 saturated carbocycles. The second-order valence-corrected chi connectivity index (χ2v) is 8.39. The maximum absolute atomic E-state index is 12.6. The maximum atomic E-state index is 12.6. The molecule has 0 aliphatic carbocycles. The molecule has 0 unspecified atom stereocenters. The number of benzene rings is 2. The minimum absolute atomic E-state index is 0.00348. The van der Waals surface area contributed by atoms with Gasteiger partial charge in [0, 0.05) is 0 Å². The molecule has 0 saturated heterocycles. The van der Waals surface area contributed by atoms with E-state index in [0.29, 0.717) is 64.4 Å². The molecule has 0 spiro atoms. The minimum atomic E-state index is -0.659. The molecular formula is C29H31NO9. The number of cyclic esters (lactones) is 2. The van der Waals surface area contributed by atoms with Gasteiger partial charge in [0.05, 0.1) is 39.6 Å². The molecule has 206 valence electrons. The topological polar surface area (TPSA) is 112 Å². The fraction of sp³-hybridized carbons (Fsp3) is 0.345. The summed E-state index contributed by atoms with van der Waals surface area (Å²) in [7, 11) is 0. The van der Waals surface area contributed by atoms with Gasteiger partial charge in [0.2, 0.25) is 0 Å². The monoisotopic (exact) mass is 537 g/mol. The summed E-state index contributed by atoms with van der Waals surface area (Å²) in [5.41, 5.74) is 1.49. The van der Waals surface area contributed by atoms with Crippen molar-refractivity contribution >= 4 is 11.9 Å². The first-order chi connectivity index (χ1) is 19.2. The Balaban J connectivity index is 1.39. The molecule has 1 aliphatic rings. The lowest BCUT2D eigenvalue weighted by Crippen LogP contribution is -2.14. The molecule has 1 aliphatic heterocycles. The highest BCUT2D eigenvalue weighted by molar-refractivity contribution is 5.91. The second-order valence-electron chi connectivity index (χ2n) is 8.39. The Hall–Kier alpha value is -3.99. The molecule has 0 atom stereocenters. The zero-order chi connectivity index (χ0) is 27.1. The molecule has 10 nitrogen and oxygen atoms in total. The van der Waals surface area contributed by atoms with Crippen molar-refractivity contribution in [1.82, 2.24) is 4.98 Å². The van der Waals surface area contributed by atoms with Crippen LogP contribution in [0.15, 0.2) is 66.7 Å². The van der Waals surface area contributed by atoms with Crippen LogP contribution in [0.1, 0.15) is 32.1 Å². The summed E-state index contributed by atoms with van der Waals surface area (Å²) in [5, 5.41) is 0. The number of rotatable bonds is 0. The van der Waals surface area contributed by atoms with Crippen molar-refractivity contribution in [1.29, 1.82) is 0 Å². The third-order valence-corrected chi connectivity index (χ3v) is 5.44. The Kier molecular flexibility index (Phi) is 11.1. The first kappa shape index (κ1) is 28.0. The molecule has 39 heavy (non-hydrogen) atoms. The van der Waals surface area contributed by atoms with Crippen LogP contribution in [0.3, 0.4) is 0 Å². The van der Waals surface area contributed by atoms with Gasteiger partial charge in [0.1, 0.15) is 49.3 Å². The predicted octanol–water partition coefficient (Wildman–Crippen LogP) is 3.62. The molecule has 3 aromatic rings. The van der Waals surface area contributed by atoms with Gasteiger partial charge in [-0.25, -0.2) is 14.6 Å². The number of carbonyl (C=O) groups is 2. The van der Waals surface area contributed by atoms with Gasteiger partial charge < -0.3 is 33.2 Å². The second kappa shape index (κ2) is 15.4. The molecule has 6 bridgehead atoms. The third kappa shape index (κ3) is 9.68. The lowest BCUT2D eigenvalue weighted by molar-refractivity contribution is 0.00497. The van der Waals surface area contributed by atoms with E-state index < -0.39 is 11.9 Å². The SMILES string of the molecule is O=C1OCc2cccc(c2)OCCOCCOCCOCCOc2cccc(c2)COC(=O)c2cccc1n2. The molecule has 0 radical (unpaired) electrons. The van der Waals surface area contributed by atoms with Crippen LogP contribution < -0.4 is 9.47 Å². The molecule has 2 aromatic carbocycles. The van der Waals surface area contributed by atoms with E-state index in [4.69, 9.17) is 33.2 Å². The summed E-state index contributed by atoms with van der Waals surface area (Å²) in [5.74, 6) is -0.0562. The number of hydrogen-bond donors (Lipinski definition) is 0. The smallest absolute Gasteiger partial charge is 0.357 e. The average molecular weight is 538 g/mol. The third-order valence-electron chi connectivity index (χ3n) is 5.44. The summed E-state index contributed by atoms with van der Waals surface area (Å²) >= 11 is 0. The van der Waals surface area contributed by atoms with Crippen LogP contribution in [0.2, 0.25) is 0 Å². The van der Waals surface area contributed by atoms with Crippen molar-refractivity contribution in [3.8, 4) is 11.5 Å². The van der Waals surface area contributed by atoms with Gasteiger partial charge in [-0.2, -0.15) is 0 Å². The van der Waals surface area contributed by atoms with Crippen LogP contribution in [0, 0.1) is 0 Å². The van der Waals surface area contributed by atoms with E-state index >= 15 is 0 Å². The van der Waals surface area contributed by atoms with Crippen LogP contribution >= 0.6 is 0 Å². The summed E-state index contributed by atoms with van der Waals surface area (Å²) in [6.07, 6.45) is 0. The van der Waals surface area contributed by atoms with Crippen molar-refractivity contribution in [2.75, 3.05) is 52.9 Å². The van der Waals surface area contributed by atoms with Crippen LogP contribution in [-0.4, -0.2) is 69.8 Å². The Morgan fingerprint density at radius 2 is 0.897 bits per heavy atom. The van der Waals surface area contributed by atoms with Gasteiger partial charge in [0.25, 0.3) is 0 Å². The minimum Gasteiger partial charge on any atom is -0.491 e. The van der Waals surface area contributed by atoms with Gasteiger partial charge in [-0.15, -0.1) is 0 Å². The highest BCUT2D eigenvalue weighted by Gasteiger charge is 2.15. The van der Waals surface area contributed by atoms with E-state index in [1.54, 1.807) is 18.2 Å². The Morgan fingerprint density at radius 3 is 1.36 bits per heavy atom. The zero-order valence-electron chi connectivity index (χ0n) is 21.5. The lowest BCUT2D eigenvalue weighted by atomic mass is 10.2. The zero-order valence-corrected chi connectivity index (χ0v) is 21.5. The van der Waals surface area contributed by atoms with E-state index in [1.807, 2.05) is 36.4 Å². The molecular weight excluding hydrogens is 506 g/mol. The van der Waals surface area contributed by atoms with Crippen molar-refractivity contribution in [3.63, 3.8) is 0 Å². The summed E-state index contributed by atoms with van der Waals surface area (Å²) in [4.78, 5) is 29.3. The molecule has 10 heteroatoms. The number of hydrogen-bond acceptors (Lipinski definition) is 10. The van der Waals surface area contributed by atoms with Crippen molar-refractivity contribution in [2.45, 2.75) is 13.2 Å². The average Bonchev–Trinajstić information content (AvgIpc) is 2.97. The number of ether oxygens (including phenoxy) is 7. The fourth-order valence-electron chi connectivity index (χ4n) is 3.54. The van der Waals surface area contributed by atoms with Gasteiger partial charge in [0.15, 0.2) is 0 Å². The first-order valence-corrected chi connectivity index (χ1v) is 12.7. The normalized spacial score (nSPS) is 16.8. The van der Waals surface area contributed by atoms with E-state index in [0.717, 1.165) is 11.1 Å². The van der Waals surface area contributed by atoms with E-state index in [2.05, 4.69) is 4.98 Å². The van der Waals surface area contributed by atoms with E-state index in [-0.39, 0.29) is 24.6 Å². The van der Waals surface area contributed by atoms with Crippen molar-refractivity contribution in [2.24, 2.45) is 0 Å². The highest BCUT2D eigenvalue weighted by atomic mass is 16.6. The molecule has 0 fully saturated rings. The van der Waals surface area contributed by atoms with Crippen LogP contribution in [0.25, 0.3) is 0 Å². The van der Waals surface area contributed by atoms with E-state index in [1.165, 1.54) is 12.1 Å². The molecule has 1 aromatic heterocycles. The number of fused-ring (bicyclic) bond motifs is 6. The fourth-order valence-corrected chi connectivity index (χ4v) is 3.54. The summed E-state index contributed by atoms with van der Waals surface area (Å²) in [6, 6.07) is 19.0. The first-order valence-electron chi connectivity index (χ1n) is 12.7. The molecule has 0 amide bonds. The van der Waals surface area contributed by atoms with Crippen molar-refractivity contribution < 1.29 is 42.7 Å². The number of carbonyl (C=O) groups excluding carboxylic acids is 2. The van der Waals surface area contributed by atoms with Gasteiger partial charge in [-0.1, -0.05) is 30.3 Å². The Morgan fingerprint density at radius 1 is 0.487 bits per heavy atom.